The van der Waals surface area contributed by atoms with Crippen molar-refractivity contribution in [1.82, 2.24) is 9.55 Å². The fourth-order valence-electron chi connectivity index (χ4n) is 4.35. The number of thiophene rings is 1. The zero-order chi connectivity index (χ0) is 21.5. The van der Waals surface area contributed by atoms with E-state index in [0.717, 1.165) is 46.3 Å². The highest BCUT2D eigenvalue weighted by atomic mass is 32.2. The molecule has 0 saturated carbocycles. The van der Waals surface area contributed by atoms with Gasteiger partial charge in [0.15, 0.2) is 5.16 Å². The molecule has 2 aromatic heterocycles. The molecule has 0 spiro atoms. The Morgan fingerprint density at radius 1 is 1.10 bits per heavy atom. The van der Waals surface area contributed by atoms with Crippen LogP contribution in [0.4, 0.5) is 4.39 Å². The molecule has 0 bridgehead atoms. The molecule has 6 heteroatoms. The second kappa shape index (κ2) is 8.24. The van der Waals surface area contributed by atoms with Gasteiger partial charge in [-0.1, -0.05) is 36.0 Å². The van der Waals surface area contributed by atoms with Gasteiger partial charge in [-0.15, -0.1) is 11.3 Å². The maximum Gasteiger partial charge on any atom is 0.267 e. The Kier molecular flexibility index (Phi) is 5.44. The maximum atomic E-state index is 14.2. The van der Waals surface area contributed by atoms with E-state index in [2.05, 4.69) is 6.07 Å². The van der Waals surface area contributed by atoms with Gasteiger partial charge in [-0.05, 0) is 80.0 Å². The Labute approximate surface area is 189 Å². The smallest absolute Gasteiger partial charge is 0.267 e. The molecule has 4 aromatic rings. The van der Waals surface area contributed by atoms with Gasteiger partial charge in [0.1, 0.15) is 10.6 Å². The van der Waals surface area contributed by atoms with E-state index < -0.39 is 0 Å². The molecule has 31 heavy (non-hydrogen) atoms. The SMILES string of the molecule is Cc1cc(C)cc(-n2c(SCc3ccccc3F)nc3sc4c(c3c2=O)CCCC4)c1. The fourth-order valence-corrected chi connectivity index (χ4v) is 6.65. The number of aromatic nitrogens is 2. The van der Waals surface area contributed by atoms with Crippen molar-refractivity contribution in [2.75, 3.05) is 0 Å². The van der Waals surface area contributed by atoms with E-state index in [1.54, 1.807) is 28.0 Å². The van der Waals surface area contributed by atoms with Gasteiger partial charge in [0.25, 0.3) is 5.56 Å². The van der Waals surface area contributed by atoms with E-state index in [1.807, 2.05) is 32.0 Å². The van der Waals surface area contributed by atoms with Crippen molar-refractivity contribution in [3.8, 4) is 5.69 Å². The number of rotatable bonds is 4. The second-order valence-corrected chi connectivity index (χ2v) is 10.2. The van der Waals surface area contributed by atoms with Crippen LogP contribution in [0.5, 0.6) is 0 Å². The molecule has 3 nitrogen and oxygen atoms in total. The lowest BCUT2D eigenvalue weighted by Gasteiger charge is -2.15. The lowest BCUT2D eigenvalue weighted by molar-refractivity contribution is 0.617. The molecule has 158 valence electrons. The van der Waals surface area contributed by atoms with E-state index in [-0.39, 0.29) is 11.4 Å². The van der Waals surface area contributed by atoms with Crippen molar-refractivity contribution in [2.24, 2.45) is 0 Å². The van der Waals surface area contributed by atoms with Crippen LogP contribution in [0.3, 0.4) is 0 Å². The molecule has 0 atom stereocenters. The summed E-state index contributed by atoms with van der Waals surface area (Å²) in [5.41, 5.74) is 4.81. The third-order valence-electron chi connectivity index (χ3n) is 5.74. The van der Waals surface area contributed by atoms with Crippen molar-refractivity contribution in [2.45, 2.75) is 50.4 Å². The van der Waals surface area contributed by atoms with Crippen LogP contribution in [-0.4, -0.2) is 9.55 Å². The topological polar surface area (TPSA) is 34.9 Å². The minimum absolute atomic E-state index is 0.00886. The highest BCUT2D eigenvalue weighted by Crippen LogP contribution is 2.36. The molecule has 0 radical (unpaired) electrons. The molecule has 5 rings (SSSR count). The van der Waals surface area contributed by atoms with Gasteiger partial charge >= 0.3 is 0 Å². The maximum absolute atomic E-state index is 14.2. The molecule has 0 N–H and O–H groups in total. The highest BCUT2D eigenvalue weighted by molar-refractivity contribution is 7.98. The average molecular weight is 451 g/mol. The first-order valence-electron chi connectivity index (χ1n) is 10.5. The molecule has 1 aliphatic carbocycles. The number of hydrogen-bond donors (Lipinski definition) is 0. The summed E-state index contributed by atoms with van der Waals surface area (Å²) in [5.74, 6) is 0.184. The van der Waals surface area contributed by atoms with E-state index in [4.69, 9.17) is 4.98 Å². The molecule has 0 unspecified atom stereocenters. The van der Waals surface area contributed by atoms with Gasteiger partial charge in [0.05, 0.1) is 11.1 Å². The van der Waals surface area contributed by atoms with Gasteiger partial charge in [0, 0.05) is 10.6 Å². The van der Waals surface area contributed by atoms with Crippen LogP contribution in [0.25, 0.3) is 15.9 Å². The van der Waals surface area contributed by atoms with Crippen molar-refractivity contribution in [3.63, 3.8) is 0 Å². The fraction of sp³-hybridized carbons (Fsp3) is 0.280. The second-order valence-electron chi connectivity index (χ2n) is 8.15. The number of benzene rings is 2. The first kappa shape index (κ1) is 20.5. The summed E-state index contributed by atoms with van der Waals surface area (Å²) in [6.07, 6.45) is 4.25. The number of fused-ring (bicyclic) bond motifs is 3. The lowest BCUT2D eigenvalue weighted by atomic mass is 9.97. The summed E-state index contributed by atoms with van der Waals surface area (Å²) < 4.78 is 15.9. The van der Waals surface area contributed by atoms with E-state index in [9.17, 15) is 9.18 Å². The highest BCUT2D eigenvalue weighted by Gasteiger charge is 2.23. The summed E-state index contributed by atoms with van der Waals surface area (Å²) in [5, 5.41) is 1.39. The Morgan fingerprint density at radius 2 is 1.84 bits per heavy atom. The quantitative estimate of drug-likeness (QED) is 0.267. The summed E-state index contributed by atoms with van der Waals surface area (Å²) in [6, 6.07) is 12.9. The minimum atomic E-state index is -0.233. The van der Waals surface area contributed by atoms with Crippen molar-refractivity contribution in [1.29, 1.82) is 0 Å². The van der Waals surface area contributed by atoms with Crippen LogP contribution < -0.4 is 5.56 Å². The van der Waals surface area contributed by atoms with E-state index in [0.29, 0.717) is 16.5 Å². The number of nitrogens with zero attached hydrogens (tertiary/aromatic N) is 2. The molecule has 2 aromatic carbocycles. The van der Waals surface area contributed by atoms with Crippen LogP contribution in [0.15, 0.2) is 52.4 Å². The Morgan fingerprint density at radius 3 is 2.61 bits per heavy atom. The normalized spacial score (nSPS) is 13.5. The lowest BCUT2D eigenvalue weighted by Crippen LogP contribution is -2.22. The third-order valence-corrected chi connectivity index (χ3v) is 7.91. The summed E-state index contributed by atoms with van der Waals surface area (Å²) in [7, 11) is 0. The standard InChI is InChI=1S/C25H23FN2OS2/c1-15-11-16(2)13-18(12-15)28-24(29)22-19-8-4-6-10-21(19)31-23(22)27-25(28)30-14-17-7-3-5-9-20(17)26/h3,5,7,9,11-13H,4,6,8,10,14H2,1-2H3. The number of aryl methyl sites for hydroxylation is 4. The average Bonchev–Trinajstić information content (AvgIpc) is 3.11. The number of hydrogen-bond acceptors (Lipinski definition) is 4. The van der Waals surface area contributed by atoms with Gasteiger partial charge in [0.2, 0.25) is 0 Å². The largest absolute Gasteiger partial charge is 0.268 e. The Bertz CT molecular complexity index is 1340. The Hall–Kier alpha value is -2.44. The number of halogens is 1. The van der Waals surface area contributed by atoms with Crippen molar-refractivity contribution >= 4 is 33.3 Å². The molecular formula is C25H23FN2OS2. The zero-order valence-corrected chi connectivity index (χ0v) is 19.2. The number of thioether (sulfide) groups is 1. The van der Waals surface area contributed by atoms with Crippen LogP contribution >= 0.6 is 23.1 Å². The van der Waals surface area contributed by atoms with E-state index >= 15 is 0 Å². The minimum Gasteiger partial charge on any atom is -0.268 e. The molecule has 0 fully saturated rings. The first-order chi connectivity index (χ1) is 15.0. The third kappa shape index (κ3) is 3.83. The molecular weight excluding hydrogens is 427 g/mol. The Balaban J connectivity index is 1.70. The van der Waals surface area contributed by atoms with Gasteiger partial charge in [-0.25, -0.2) is 9.37 Å². The van der Waals surface area contributed by atoms with Gasteiger partial charge < -0.3 is 0 Å². The predicted molar refractivity (Wildman–Crippen MR) is 127 cm³/mol. The van der Waals surface area contributed by atoms with Crippen LogP contribution in [0.2, 0.25) is 0 Å². The predicted octanol–water partition coefficient (Wildman–Crippen LogP) is 6.37. The molecule has 0 amide bonds. The first-order valence-corrected chi connectivity index (χ1v) is 12.3. The van der Waals surface area contributed by atoms with Crippen LogP contribution in [0, 0.1) is 19.7 Å². The van der Waals surface area contributed by atoms with Crippen molar-refractivity contribution < 1.29 is 4.39 Å². The molecule has 2 heterocycles. The summed E-state index contributed by atoms with van der Waals surface area (Å²) in [4.78, 5) is 20.9. The van der Waals surface area contributed by atoms with E-state index in [1.165, 1.54) is 34.7 Å². The zero-order valence-electron chi connectivity index (χ0n) is 17.6. The van der Waals surface area contributed by atoms with Crippen LogP contribution in [-0.2, 0) is 18.6 Å². The van der Waals surface area contributed by atoms with Gasteiger partial charge in [-0.3, -0.25) is 9.36 Å². The summed E-state index contributed by atoms with van der Waals surface area (Å²) in [6.45, 7) is 4.07. The molecule has 0 saturated heterocycles. The monoisotopic (exact) mass is 450 g/mol. The molecule has 0 aliphatic heterocycles. The summed E-state index contributed by atoms with van der Waals surface area (Å²) >= 11 is 3.07. The van der Waals surface area contributed by atoms with Gasteiger partial charge in [-0.2, -0.15) is 0 Å². The van der Waals surface area contributed by atoms with Crippen molar-refractivity contribution in [3.05, 3.63) is 85.8 Å². The van der Waals surface area contributed by atoms with Crippen LogP contribution in [0.1, 0.15) is 40.0 Å². The molecule has 1 aliphatic rings.